The number of hydrogen-bond acceptors (Lipinski definition) is 8. The summed E-state index contributed by atoms with van der Waals surface area (Å²) in [4.78, 5) is 35.1. The van der Waals surface area contributed by atoms with E-state index in [1.54, 1.807) is 0 Å². The number of nitrogens with two attached hydrogens (primary N) is 1. The summed E-state index contributed by atoms with van der Waals surface area (Å²) in [6.07, 6.45) is 88.1. The van der Waals surface area contributed by atoms with Crippen molar-refractivity contribution in [2.75, 3.05) is 26.4 Å². The fourth-order valence-corrected chi connectivity index (χ4v) is 7.46. The molecule has 0 bridgehead atoms. The number of rotatable bonds is 50. The molecule has 0 fully saturated rings. The predicted octanol–water partition coefficient (Wildman–Crippen LogP) is 18.1. The first kappa shape index (κ1) is 70.1. The first-order chi connectivity index (χ1) is 36.8. The van der Waals surface area contributed by atoms with Gasteiger partial charge in [0.2, 0.25) is 0 Å². The van der Waals surface area contributed by atoms with Gasteiger partial charge in [0.15, 0.2) is 6.10 Å². The summed E-state index contributed by atoms with van der Waals surface area (Å²) >= 11 is 0. The van der Waals surface area contributed by atoms with E-state index in [9.17, 15) is 19.0 Å². The molecule has 418 valence electrons. The van der Waals surface area contributed by atoms with Crippen LogP contribution in [0.1, 0.15) is 181 Å². The molecular weight excluding hydrogens is 954 g/mol. The maximum absolute atomic E-state index is 12.7. The summed E-state index contributed by atoms with van der Waals surface area (Å²) in [6, 6.07) is 0. The zero-order valence-electron chi connectivity index (χ0n) is 46.4. The summed E-state index contributed by atoms with van der Waals surface area (Å²) in [5, 5.41) is 0. The lowest BCUT2D eigenvalue weighted by Crippen LogP contribution is -2.29. The first-order valence-electron chi connectivity index (χ1n) is 28.3. The largest absolute Gasteiger partial charge is 0.472 e. The maximum Gasteiger partial charge on any atom is 0.472 e. The summed E-state index contributed by atoms with van der Waals surface area (Å²) < 4.78 is 32.9. The fourth-order valence-electron chi connectivity index (χ4n) is 6.70. The third kappa shape index (κ3) is 58.2. The van der Waals surface area contributed by atoms with Crippen molar-refractivity contribution in [1.29, 1.82) is 0 Å². The number of carbonyl (C=O) groups is 2. The van der Waals surface area contributed by atoms with E-state index in [1.807, 2.05) is 6.08 Å². The average molecular weight is 1050 g/mol. The van der Waals surface area contributed by atoms with Crippen LogP contribution in [-0.2, 0) is 32.7 Å². The first-order valence-corrected chi connectivity index (χ1v) is 29.8. The Labute approximate surface area is 456 Å². The van der Waals surface area contributed by atoms with E-state index < -0.39 is 32.5 Å². The monoisotopic (exact) mass is 1050 g/mol. The quantitative estimate of drug-likeness (QED) is 0.0264. The molecule has 10 heteroatoms. The SMILES string of the molecule is CC/C=C\C/C=C\C/C=C\C/C=C\C/C=C\C/C=C\C/C=C\C/C=C\C/C=C\C/C=C\CCCCCCCCC(=O)OC(COC(=O)CCC/C=C\C/C=C\C/C=C\C/C=C\C/C=C\CC)COP(=O)(O)OCCN. The standard InChI is InChI=1S/C65H100NO8P/c1-3-5-7-9-11-13-15-17-19-21-22-23-24-25-26-27-28-29-30-31-32-33-34-35-36-37-38-39-40-42-44-46-48-50-52-54-56-58-65(68)74-63(62-73-75(69,70)72-60-59-66)61-71-64(67)57-55-53-51-49-47-45-43-41-20-18-16-14-12-10-8-6-4-2/h5-8,11-14,17-20,22-23,25-26,28-29,31-32,34-35,37-38,40,42-43,45,49,51,63H,3-4,9-10,15-16,21,24,27,30,33,36,39,41,44,46-48,50,52-62,66H2,1-2H3,(H,69,70)/b7-5-,8-6-,13-11-,14-12-,19-17-,20-18-,23-22-,26-25-,29-28-,32-31-,35-34-,38-37-,42-40-,45-43-,51-49-. The Morgan fingerprint density at radius 1 is 0.400 bits per heavy atom. The summed E-state index contributed by atoms with van der Waals surface area (Å²) in [5.41, 5.74) is 5.37. The number of allylic oxidation sites excluding steroid dienone is 30. The highest BCUT2D eigenvalue weighted by Crippen LogP contribution is 2.43. The molecule has 2 unspecified atom stereocenters. The Bertz CT molecular complexity index is 1870. The van der Waals surface area contributed by atoms with Crippen LogP contribution in [0, 0.1) is 0 Å². The van der Waals surface area contributed by atoms with E-state index in [0.29, 0.717) is 12.8 Å². The van der Waals surface area contributed by atoms with Gasteiger partial charge in [0, 0.05) is 19.4 Å². The number of unbranched alkanes of at least 4 members (excludes halogenated alkanes) is 7. The van der Waals surface area contributed by atoms with Crippen molar-refractivity contribution in [2.24, 2.45) is 5.73 Å². The van der Waals surface area contributed by atoms with Crippen molar-refractivity contribution < 1.29 is 37.6 Å². The van der Waals surface area contributed by atoms with Gasteiger partial charge >= 0.3 is 19.8 Å². The molecule has 75 heavy (non-hydrogen) atoms. The topological polar surface area (TPSA) is 134 Å². The van der Waals surface area contributed by atoms with Crippen molar-refractivity contribution in [1.82, 2.24) is 0 Å². The van der Waals surface area contributed by atoms with Crippen molar-refractivity contribution >= 4 is 19.8 Å². The molecule has 3 N–H and O–H groups in total. The van der Waals surface area contributed by atoms with Crippen molar-refractivity contribution in [3.63, 3.8) is 0 Å². The highest BCUT2D eigenvalue weighted by molar-refractivity contribution is 7.47. The van der Waals surface area contributed by atoms with Crippen molar-refractivity contribution in [3.8, 4) is 0 Å². The molecule has 0 saturated carbocycles. The predicted molar refractivity (Wildman–Crippen MR) is 320 cm³/mol. The minimum absolute atomic E-state index is 0.0325. The summed E-state index contributed by atoms with van der Waals surface area (Å²) in [6.45, 7) is 3.39. The van der Waals surface area contributed by atoms with Gasteiger partial charge in [-0.1, -0.05) is 222 Å². The van der Waals surface area contributed by atoms with Crippen LogP contribution in [0.2, 0.25) is 0 Å². The highest BCUT2D eigenvalue weighted by Gasteiger charge is 2.26. The second-order valence-electron chi connectivity index (χ2n) is 17.7. The minimum atomic E-state index is -4.42. The molecule has 0 heterocycles. The van der Waals surface area contributed by atoms with Crippen LogP contribution in [0.4, 0.5) is 0 Å². The summed E-state index contributed by atoms with van der Waals surface area (Å²) in [7, 11) is -4.42. The fraction of sp³-hybridized carbons (Fsp3) is 0.508. The average Bonchev–Trinajstić information content (AvgIpc) is 3.40. The number of esters is 2. The number of hydrogen-bond donors (Lipinski definition) is 2. The lowest BCUT2D eigenvalue weighted by atomic mass is 10.1. The van der Waals surface area contributed by atoms with Gasteiger partial charge < -0.3 is 20.1 Å². The Balaban J connectivity index is 4.13. The Kier molecular flexibility index (Phi) is 54.6. The molecular formula is C65H100NO8P. The lowest BCUT2D eigenvalue weighted by molar-refractivity contribution is -0.161. The second kappa shape index (κ2) is 58.4. The molecule has 9 nitrogen and oxygen atoms in total. The Hall–Kier alpha value is -4.89. The molecule has 0 radical (unpaired) electrons. The van der Waals surface area contributed by atoms with Crippen LogP contribution in [0.3, 0.4) is 0 Å². The second-order valence-corrected chi connectivity index (χ2v) is 19.1. The van der Waals surface area contributed by atoms with Gasteiger partial charge in [-0.05, 0) is 128 Å². The van der Waals surface area contributed by atoms with Crippen LogP contribution in [0.25, 0.3) is 0 Å². The van der Waals surface area contributed by atoms with Crippen LogP contribution < -0.4 is 5.73 Å². The molecule has 0 rings (SSSR count). The lowest BCUT2D eigenvalue weighted by Gasteiger charge is -2.19. The van der Waals surface area contributed by atoms with E-state index in [-0.39, 0.29) is 32.6 Å². The van der Waals surface area contributed by atoms with E-state index in [0.717, 1.165) is 141 Å². The number of phosphoric ester groups is 1. The van der Waals surface area contributed by atoms with Gasteiger partial charge in [-0.15, -0.1) is 0 Å². The van der Waals surface area contributed by atoms with Gasteiger partial charge in [-0.2, -0.15) is 0 Å². The molecule has 0 aliphatic carbocycles. The third-order valence-corrected chi connectivity index (χ3v) is 11.8. The van der Waals surface area contributed by atoms with E-state index in [1.165, 1.54) is 0 Å². The zero-order chi connectivity index (χ0) is 54.5. The van der Waals surface area contributed by atoms with Crippen molar-refractivity contribution in [3.05, 3.63) is 182 Å². The van der Waals surface area contributed by atoms with Gasteiger partial charge in [0.25, 0.3) is 0 Å². The highest BCUT2D eigenvalue weighted by atomic mass is 31.2. The molecule has 0 amide bonds. The Morgan fingerprint density at radius 2 is 0.707 bits per heavy atom. The molecule has 0 aliphatic rings. The van der Waals surface area contributed by atoms with Crippen LogP contribution in [0.15, 0.2) is 182 Å². The molecule has 0 spiro atoms. The van der Waals surface area contributed by atoms with Gasteiger partial charge in [0.1, 0.15) is 6.61 Å². The smallest absolute Gasteiger partial charge is 0.462 e. The molecule has 0 aromatic heterocycles. The molecule has 0 aromatic carbocycles. The third-order valence-electron chi connectivity index (χ3n) is 10.8. The van der Waals surface area contributed by atoms with Crippen molar-refractivity contribution in [2.45, 2.75) is 187 Å². The number of phosphoric acid groups is 1. The normalized spacial score (nSPS) is 14.5. The minimum Gasteiger partial charge on any atom is -0.462 e. The van der Waals surface area contributed by atoms with Crippen LogP contribution in [-0.4, -0.2) is 49.3 Å². The van der Waals surface area contributed by atoms with Gasteiger partial charge in [-0.25, -0.2) is 4.57 Å². The number of carbonyl (C=O) groups excluding carboxylic acids is 2. The van der Waals surface area contributed by atoms with E-state index in [4.69, 9.17) is 24.3 Å². The number of ether oxygens (including phenoxy) is 2. The maximum atomic E-state index is 12.7. The van der Waals surface area contributed by atoms with Gasteiger partial charge in [0.05, 0.1) is 13.2 Å². The molecule has 0 aromatic rings. The molecule has 2 atom stereocenters. The zero-order valence-corrected chi connectivity index (χ0v) is 47.3. The van der Waals surface area contributed by atoms with Gasteiger partial charge in [-0.3, -0.25) is 18.6 Å². The Morgan fingerprint density at radius 3 is 1.07 bits per heavy atom. The molecule has 0 saturated heterocycles. The molecule has 0 aliphatic heterocycles. The van der Waals surface area contributed by atoms with Crippen LogP contribution in [0.5, 0.6) is 0 Å². The summed E-state index contributed by atoms with van der Waals surface area (Å²) in [5.74, 6) is -0.932. The van der Waals surface area contributed by atoms with Crippen LogP contribution >= 0.6 is 7.82 Å². The van der Waals surface area contributed by atoms with E-state index >= 15 is 0 Å². The van der Waals surface area contributed by atoms with E-state index in [2.05, 4.69) is 190 Å².